The zero-order valence-electron chi connectivity index (χ0n) is 7.14. The number of hydrogen-bond donors (Lipinski definition) is 1. The summed E-state index contributed by atoms with van der Waals surface area (Å²) in [5, 5.41) is 7.58. The lowest BCUT2D eigenvalue weighted by molar-refractivity contribution is 0.619. The van der Waals surface area contributed by atoms with E-state index in [9.17, 15) is 4.39 Å². The Bertz CT molecular complexity index is 403. The Kier molecular flexibility index (Phi) is 2.64. The normalized spacial score (nSPS) is 10.1. The minimum atomic E-state index is -0.327. The molecule has 2 heterocycles. The fourth-order valence-electron chi connectivity index (χ4n) is 0.987. The number of halogens is 1. The van der Waals surface area contributed by atoms with Crippen molar-refractivity contribution in [2.75, 3.05) is 5.32 Å². The van der Waals surface area contributed by atoms with Crippen LogP contribution in [0, 0.1) is 5.82 Å². The molecule has 0 saturated carbocycles. The van der Waals surface area contributed by atoms with Gasteiger partial charge >= 0.3 is 0 Å². The van der Waals surface area contributed by atoms with Crippen LogP contribution in [0.3, 0.4) is 0 Å². The first-order valence-electron chi connectivity index (χ1n) is 3.95. The van der Waals surface area contributed by atoms with Crippen molar-refractivity contribution < 1.29 is 4.39 Å². The molecule has 0 radical (unpaired) electrons. The summed E-state index contributed by atoms with van der Waals surface area (Å²) in [5.41, 5.74) is 0.790. The largest absolute Gasteiger partial charge is 0.370 e. The second-order valence-electron chi connectivity index (χ2n) is 2.65. The predicted molar refractivity (Wildman–Crippen MR) is 51.4 cm³/mol. The highest BCUT2D eigenvalue weighted by atomic mass is 32.1. The number of hydrogen-bond acceptors (Lipinski definition) is 5. The van der Waals surface area contributed by atoms with E-state index in [4.69, 9.17) is 0 Å². The highest BCUT2D eigenvalue weighted by Crippen LogP contribution is 2.11. The van der Waals surface area contributed by atoms with Gasteiger partial charge in [-0.15, -0.1) is 5.10 Å². The number of rotatable bonds is 3. The third kappa shape index (κ3) is 2.23. The fraction of sp³-hybridized carbons (Fsp3) is 0.125. The smallest absolute Gasteiger partial charge is 0.141 e. The van der Waals surface area contributed by atoms with Gasteiger partial charge in [0.25, 0.3) is 0 Å². The molecule has 2 rings (SSSR count). The van der Waals surface area contributed by atoms with Gasteiger partial charge < -0.3 is 5.32 Å². The summed E-state index contributed by atoms with van der Waals surface area (Å²) >= 11 is 1.26. The van der Waals surface area contributed by atoms with Crippen LogP contribution in [-0.2, 0) is 6.54 Å². The molecule has 0 spiro atoms. The summed E-state index contributed by atoms with van der Waals surface area (Å²) in [6.07, 6.45) is 4.42. The second kappa shape index (κ2) is 4.10. The Balaban J connectivity index is 1.98. The monoisotopic (exact) mass is 210 g/mol. The van der Waals surface area contributed by atoms with Crippen LogP contribution in [0.2, 0.25) is 0 Å². The standard InChI is InChI=1S/C8H7FN4S/c9-7-1-6(2-10-4-7)3-11-8-5-12-13-14-8/h1-2,4-5,11H,3H2. The number of aromatic nitrogens is 3. The first-order chi connectivity index (χ1) is 6.84. The molecular formula is C8H7FN4S. The van der Waals surface area contributed by atoms with Crippen LogP contribution in [0.5, 0.6) is 0 Å². The molecule has 4 nitrogen and oxygen atoms in total. The molecule has 0 aliphatic heterocycles. The minimum Gasteiger partial charge on any atom is -0.370 e. The van der Waals surface area contributed by atoms with Gasteiger partial charge in [-0.2, -0.15) is 0 Å². The van der Waals surface area contributed by atoms with Crippen molar-refractivity contribution in [1.82, 2.24) is 14.6 Å². The fourth-order valence-corrected chi connectivity index (χ4v) is 1.40. The number of nitrogens with zero attached hydrogens (tertiary/aromatic N) is 3. The molecule has 0 unspecified atom stereocenters. The SMILES string of the molecule is Fc1cncc(CNc2cnns2)c1. The van der Waals surface area contributed by atoms with E-state index >= 15 is 0 Å². The Hall–Kier alpha value is -1.56. The second-order valence-corrected chi connectivity index (χ2v) is 3.43. The van der Waals surface area contributed by atoms with E-state index < -0.39 is 0 Å². The maximum absolute atomic E-state index is 12.7. The summed E-state index contributed by atoms with van der Waals surface area (Å²) in [6.45, 7) is 0.522. The predicted octanol–water partition coefficient (Wildman–Crippen LogP) is 1.68. The van der Waals surface area contributed by atoms with E-state index in [0.717, 1.165) is 10.6 Å². The average molecular weight is 210 g/mol. The van der Waals surface area contributed by atoms with Crippen molar-refractivity contribution >= 4 is 16.5 Å². The summed E-state index contributed by atoms with van der Waals surface area (Å²) in [5.74, 6) is -0.327. The van der Waals surface area contributed by atoms with Crippen molar-refractivity contribution in [3.63, 3.8) is 0 Å². The molecule has 2 aromatic heterocycles. The van der Waals surface area contributed by atoms with Crippen molar-refractivity contribution in [3.05, 3.63) is 36.0 Å². The van der Waals surface area contributed by atoms with Gasteiger partial charge in [-0.25, -0.2) is 4.39 Å². The summed E-state index contributed by atoms with van der Waals surface area (Å²) in [6, 6.07) is 1.44. The van der Waals surface area contributed by atoms with Gasteiger partial charge in [0, 0.05) is 24.3 Å². The van der Waals surface area contributed by atoms with Crippen LogP contribution < -0.4 is 5.32 Å². The Morgan fingerprint density at radius 2 is 2.29 bits per heavy atom. The molecule has 14 heavy (non-hydrogen) atoms. The highest BCUT2D eigenvalue weighted by molar-refractivity contribution is 7.09. The maximum Gasteiger partial charge on any atom is 0.141 e. The summed E-state index contributed by atoms with van der Waals surface area (Å²) in [4.78, 5) is 3.74. The van der Waals surface area contributed by atoms with E-state index in [1.54, 1.807) is 12.4 Å². The van der Waals surface area contributed by atoms with E-state index in [2.05, 4.69) is 19.9 Å². The molecule has 0 aliphatic carbocycles. The Labute approximate surface area is 84.0 Å². The average Bonchev–Trinajstić information content (AvgIpc) is 2.67. The van der Waals surface area contributed by atoms with Crippen LogP contribution in [0.4, 0.5) is 9.39 Å². The first-order valence-corrected chi connectivity index (χ1v) is 4.72. The minimum absolute atomic E-state index is 0.327. The molecule has 2 aromatic rings. The highest BCUT2D eigenvalue weighted by Gasteiger charge is 1.97. The zero-order valence-corrected chi connectivity index (χ0v) is 7.96. The van der Waals surface area contributed by atoms with E-state index in [1.807, 2.05) is 0 Å². The van der Waals surface area contributed by atoms with E-state index in [-0.39, 0.29) is 5.82 Å². The van der Waals surface area contributed by atoms with Gasteiger partial charge in [-0.1, -0.05) is 4.49 Å². The Morgan fingerprint density at radius 3 is 3.00 bits per heavy atom. The van der Waals surface area contributed by atoms with Crippen molar-refractivity contribution in [2.24, 2.45) is 0 Å². The lowest BCUT2D eigenvalue weighted by Gasteiger charge is -2.01. The van der Waals surface area contributed by atoms with Crippen molar-refractivity contribution in [1.29, 1.82) is 0 Å². The molecule has 0 atom stereocenters. The topological polar surface area (TPSA) is 50.7 Å². The van der Waals surface area contributed by atoms with Gasteiger partial charge in [-0.3, -0.25) is 4.98 Å². The van der Waals surface area contributed by atoms with Crippen LogP contribution in [0.1, 0.15) is 5.56 Å². The molecule has 0 aromatic carbocycles. The van der Waals surface area contributed by atoms with E-state index in [1.165, 1.54) is 23.8 Å². The molecule has 0 bridgehead atoms. The van der Waals surface area contributed by atoms with Crippen LogP contribution >= 0.6 is 11.5 Å². The van der Waals surface area contributed by atoms with Gasteiger partial charge in [0.05, 0.1) is 12.4 Å². The van der Waals surface area contributed by atoms with Gasteiger partial charge in [0.1, 0.15) is 10.8 Å². The molecule has 6 heteroatoms. The maximum atomic E-state index is 12.7. The quantitative estimate of drug-likeness (QED) is 0.837. The van der Waals surface area contributed by atoms with Crippen LogP contribution in [0.25, 0.3) is 0 Å². The van der Waals surface area contributed by atoms with Crippen LogP contribution in [-0.4, -0.2) is 14.6 Å². The molecule has 0 amide bonds. The van der Waals surface area contributed by atoms with Gasteiger partial charge in [-0.05, 0) is 11.6 Å². The lowest BCUT2D eigenvalue weighted by atomic mass is 10.3. The van der Waals surface area contributed by atoms with Crippen LogP contribution in [0.15, 0.2) is 24.7 Å². The Morgan fingerprint density at radius 1 is 1.36 bits per heavy atom. The molecule has 72 valence electrons. The molecular weight excluding hydrogens is 203 g/mol. The van der Waals surface area contributed by atoms with Gasteiger partial charge in [0.2, 0.25) is 0 Å². The third-order valence-electron chi connectivity index (χ3n) is 1.59. The first kappa shape index (κ1) is 9.01. The van der Waals surface area contributed by atoms with Crippen molar-refractivity contribution in [2.45, 2.75) is 6.54 Å². The number of anilines is 1. The van der Waals surface area contributed by atoms with Crippen molar-refractivity contribution in [3.8, 4) is 0 Å². The van der Waals surface area contributed by atoms with E-state index in [0.29, 0.717) is 6.54 Å². The number of pyridine rings is 1. The van der Waals surface area contributed by atoms with Gasteiger partial charge in [0.15, 0.2) is 0 Å². The molecule has 1 N–H and O–H groups in total. The zero-order chi connectivity index (χ0) is 9.80. The molecule has 0 saturated heterocycles. The molecule has 0 fully saturated rings. The lowest BCUT2D eigenvalue weighted by Crippen LogP contribution is -1.98. The number of nitrogens with one attached hydrogen (secondary N) is 1. The molecule has 0 aliphatic rings. The summed E-state index contributed by atoms with van der Waals surface area (Å²) in [7, 11) is 0. The summed E-state index contributed by atoms with van der Waals surface area (Å²) < 4.78 is 16.4. The third-order valence-corrected chi connectivity index (χ3v) is 2.21.